The van der Waals surface area contributed by atoms with Gasteiger partial charge in [-0.15, -0.1) is 11.6 Å². The van der Waals surface area contributed by atoms with Crippen LogP contribution in [0.1, 0.15) is 26.7 Å². The zero-order valence-corrected chi connectivity index (χ0v) is 8.06. The van der Waals surface area contributed by atoms with Crippen LogP contribution in [-0.2, 0) is 0 Å². The van der Waals surface area contributed by atoms with Gasteiger partial charge in [0.25, 0.3) is 0 Å². The number of allylic oxidation sites excluding steroid dienone is 1. The van der Waals surface area contributed by atoms with Crippen molar-refractivity contribution in [3.8, 4) is 0 Å². The van der Waals surface area contributed by atoms with Gasteiger partial charge in [-0.3, -0.25) is 0 Å². The lowest BCUT2D eigenvalue weighted by molar-refractivity contribution is 0.259. The van der Waals surface area contributed by atoms with Gasteiger partial charge in [0.15, 0.2) is 0 Å². The maximum atomic E-state index is 8.62. The van der Waals surface area contributed by atoms with E-state index in [0.717, 1.165) is 18.4 Å². The van der Waals surface area contributed by atoms with E-state index in [1.807, 2.05) is 6.92 Å². The fourth-order valence-electron chi connectivity index (χ4n) is 0.893. The Hall–Kier alpha value is -0.0100. The van der Waals surface area contributed by atoms with Crippen molar-refractivity contribution >= 4 is 11.6 Å². The van der Waals surface area contributed by atoms with Crippen LogP contribution in [0.3, 0.4) is 0 Å². The van der Waals surface area contributed by atoms with E-state index in [-0.39, 0.29) is 12.0 Å². The molecule has 0 aromatic carbocycles. The molecule has 0 heterocycles. The Morgan fingerprint density at radius 2 is 2.18 bits per heavy atom. The van der Waals surface area contributed by atoms with Crippen LogP contribution in [0.4, 0.5) is 0 Å². The van der Waals surface area contributed by atoms with E-state index in [4.69, 9.17) is 16.7 Å². The first-order chi connectivity index (χ1) is 5.07. The Bertz CT molecular complexity index is 123. The molecule has 0 bridgehead atoms. The summed E-state index contributed by atoms with van der Waals surface area (Å²) < 4.78 is 0. The fraction of sp³-hybridized carbons (Fsp3) is 0.778. The van der Waals surface area contributed by atoms with Gasteiger partial charge in [0.1, 0.15) is 0 Å². The molecule has 0 fully saturated rings. The van der Waals surface area contributed by atoms with E-state index in [1.54, 1.807) is 0 Å². The maximum Gasteiger partial charge on any atom is 0.0542 e. The zero-order valence-electron chi connectivity index (χ0n) is 7.31. The minimum absolute atomic E-state index is 0.0662. The molecule has 0 radical (unpaired) electrons. The van der Waals surface area contributed by atoms with Crippen LogP contribution in [0.25, 0.3) is 0 Å². The van der Waals surface area contributed by atoms with Crippen molar-refractivity contribution in [1.82, 2.24) is 0 Å². The number of aliphatic hydroxyl groups excluding tert-OH is 1. The van der Waals surface area contributed by atoms with Gasteiger partial charge in [-0.25, -0.2) is 0 Å². The molecule has 0 saturated carbocycles. The number of hydrogen-bond donors (Lipinski definition) is 1. The normalized spacial score (nSPS) is 16.0. The molecular weight excluding hydrogens is 160 g/mol. The Kier molecular flexibility index (Phi) is 5.61. The van der Waals surface area contributed by atoms with Crippen molar-refractivity contribution in [3.05, 3.63) is 12.2 Å². The third kappa shape index (κ3) is 5.28. The molecule has 0 aliphatic rings. The van der Waals surface area contributed by atoms with Crippen molar-refractivity contribution in [1.29, 1.82) is 0 Å². The summed E-state index contributed by atoms with van der Waals surface area (Å²) in [6.45, 7) is 8.05. The van der Waals surface area contributed by atoms with Crippen molar-refractivity contribution in [2.24, 2.45) is 5.92 Å². The molecule has 0 aliphatic heterocycles. The van der Waals surface area contributed by atoms with Gasteiger partial charge in [0, 0.05) is 6.61 Å². The van der Waals surface area contributed by atoms with Crippen molar-refractivity contribution in [2.45, 2.75) is 32.1 Å². The molecule has 2 unspecified atom stereocenters. The van der Waals surface area contributed by atoms with Crippen molar-refractivity contribution in [3.63, 3.8) is 0 Å². The highest BCUT2D eigenvalue weighted by molar-refractivity contribution is 6.22. The summed E-state index contributed by atoms with van der Waals surface area (Å²) in [5, 5.41) is 8.69. The van der Waals surface area contributed by atoms with Crippen LogP contribution in [0.15, 0.2) is 12.2 Å². The minimum Gasteiger partial charge on any atom is -0.396 e. The summed E-state index contributed by atoms with van der Waals surface area (Å²) in [5.74, 6) is 0.485. The van der Waals surface area contributed by atoms with Gasteiger partial charge in [-0.1, -0.05) is 19.1 Å². The van der Waals surface area contributed by atoms with E-state index >= 15 is 0 Å². The monoisotopic (exact) mass is 176 g/mol. The van der Waals surface area contributed by atoms with Crippen molar-refractivity contribution in [2.75, 3.05) is 6.61 Å². The molecule has 1 nitrogen and oxygen atoms in total. The van der Waals surface area contributed by atoms with Crippen LogP contribution >= 0.6 is 11.6 Å². The van der Waals surface area contributed by atoms with E-state index in [9.17, 15) is 0 Å². The average molecular weight is 177 g/mol. The van der Waals surface area contributed by atoms with E-state index in [0.29, 0.717) is 5.92 Å². The fourth-order valence-corrected chi connectivity index (χ4v) is 1.20. The molecule has 0 rings (SSSR count). The first-order valence-corrected chi connectivity index (χ1v) is 4.42. The minimum atomic E-state index is 0.0662. The molecule has 0 aromatic rings. The molecule has 0 aromatic heterocycles. The highest BCUT2D eigenvalue weighted by Gasteiger charge is 2.09. The lowest BCUT2D eigenvalue weighted by Gasteiger charge is -2.14. The summed E-state index contributed by atoms with van der Waals surface area (Å²) in [5.41, 5.74) is 1.01. The van der Waals surface area contributed by atoms with Gasteiger partial charge in [0.2, 0.25) is 0 Å². The topological polar surface area (TPSA) is 20.2 Å². The SMILES string of the molecule is C=C(C)C(Cl)CC(C)CCO. The summed E-state index contributed by atoms with van der Waals surface area (Å²) >= 11 is 5.97. The second-order valence-electron chi connectivity index (χ2n) is 3.17. The van der Waals surface area contributed by atoms with Gasteiger partial charge < -0.3 is 5.11 Å². The van der Waals surface area contributed by atoms with E-state index < -0.39 is 0 Å². The first kappa shape index (κ1) is 11.0. The molecule has 66 valence electrons. The van der Waals surface area contributed by atoms with Gasteiger partial charge in [-0.05, 0) is 25.7 Å². The second kappa shape index (κ2) is 5.62. The summed E-state index contributed by atoms with van der Waals surface area (Å²) in [6, 6.07) is 0. The van der Waals surface area contributed by atoms with Crippen LogP contribution in [0, 0.1) is 5.92 Å². The molecule has 11 heavy (non-hydrogen) atoms. The first-order valence-electron chi connectivity index (χ1n) is 3.98. The number of halogens is 1. The zero-order chi connectivity index (χ0) is 8.85. The van der Waals surface area contributed by atoms with Crippen LogP contribution in [0.5, 0.6) is 0 Å². The lowest BCUT2D eigenvalue weighted by atomic mass is 9.99. The van der Waals surface area contributed by atoms with Gasteiger partial charge in [0.05, 0.1) is 5.38 Å². The summed E-state index contributed by atoms with van der Waals surface area (Å²) in [4.78, 5) is 0. The number of rotatable bonds is 5. The summed E-state index contributed by atoms with van der Waals surface area (Å²) in [6.07, 6.45) is 1.74. The highest BCUT2D eigenvalue weighted by Crippen LogP contribution is 2.19. The molecule has 2 atom stereocenters. The second-order valence-corrected chi connectivity index (χ2v) is 3.69. The standard InChI is InChI=1S/C9H17ClO/c1-7(2)9(10)6-8(3)4-5-11/h8-9,11H,1,4-6H2,2-3H3. The molecular formula is C9H17ClO. The third-order valence-corrected chi connectivity index (χ3v) is 2.32. The average Bonchev–Trinajstić information content (AvgIpc) is 1.87. The molecule has 0 spiro atoms. The predicted molar refractivity (Wildman–Crippen MR) is 49.9 cm³/mol. The molecule has 1 N–H and O–H groups in total. The number of aliphatic hydroxyl groups is 1. The Labute approximate surface area is 74.1 Å². The highest BCUT2D eigenvalue weighted by atomic mass is 35.5. The molecule has 0 amide bonds. The Balaban J connectivity index is 3.56. The smallest absolute Gasteiger partial charge is 0.0542 e. The molecule has 2 heteroatoms. The molecule has 0 saturated heterocycles. The quantitative estimate of drug-likeness (QED) is 0.505. The van der Waals surface area contributed by atoms with E-state index in [1.165, 1.54) is 0 Å². The summed E-state index contributed by atoms with van der Waals surface area (Å²) in [7, 11) is 0. The maximum absolute atomic E-state index is 8.62. The number of alkyl halides is 1. The van der Waals surface area contributed by atoms with E-state index in [2.05, 4.69) is 13.5 Å². The Morgan fingerprint density at radius 3 is 2.55 bits per heavy atom. The lowest BCUT2D eigenvalue weighted by Crippen LogP contribution is -2.07. The predicted octanol–water partition coefficient (Wildman–Crippen LogP) is 2.58. The van der Waals surface area contributed by atoms with Gasteiger partial charge in [-0.2, -0.15) is 0 Å². The van der Waals surface area contributed by atoms with Crippen LogP contribution in [0.2, 0.25) is 0 Å². The largest absolute Gasteiger partial charge is 0.396 e. The molecule has 0 aliphatic carbocycles. The van der Waals surface area contributed by atoms with Gasteiger partial charge >= 0.3 is 0 Å². The Morgan fingerprint density at radius 1 is 1.64 bits per heavy atom. The van der Waals surface area contributed by atoms with Crippen LogP contribution < -0.4 is 0 Å². The van der Waals surface area contributed by atoms with Crippen molar-refractivity contribution < 1.29 is 5.11 Å². The third-order valence-electron chi connectivity index (χ3n) is 1.77. The number of hydrogen-bond acceptors (Lipinski definition) is 1. The van der Waals surface area contributed by atoms with Crippen LogP contribution in [-0.4, -0.2) is 17.1 Å².